The highest BCUT2D eigenvalue weighted by Gasteiger charge is 2.14. The van der Waals surface area contributed by atoms with E-state index in [1.54, 1.807) is 6.20 Å². The number of aromatic nitrogens is 1. The van der Waals surface area contributed by atoms with Gasteiger partial charge in [-0.1, -0.05) is 0 Å². The van der Waals surface area contributed by atoms with Crippen LogP contribution in [0.3, 0.4) is 0 Å². The minimum Gasteiger partial charge on any atom is -0.357 e. The van der Waals surface area contributed by atoms with Gasteiger partial charge in [-0.2, -0.15) is 0 Å². The molecule has 1 aliphatic heterocycles. The van der Waals surface area contributed by atoms with Crippen molar-refractivity contribution in [1.82, 2.24) is 9.71 Å². The van der Waals surface area contributed by atoms with Crippen LogP contribution in [0, 0.1) is 0 Å². The second-order valence-corrected chi connectivity index (χ2v) is 8.03. The topological polar surface area (TPSA) is 91.4 Å². The summed E-state index contributed by atoms with van der Waals surface area (Å²) in [6, 6.07) is 9.50. The quantitative estimate of drug-likeness (QED) is 0.837. The molecule has 0 aliphatic carbocycles. The van der Waals surface area contributed by atoms with Gasteiger partial charge >= 0.3 is 0 Å². The van der Waals surface area contributed by atoms with Gasteiger partial charge in [-0.25, -0.2) is 18.1 Å². The molecule has 2 heterocycles. The van der Waals surface area contributed by atoms with Crippen molar-refractivity contribution in [2.45, 2.75) is 24.2 Å². The van der Waals surface area contributed by atoms with Crippen LogP contribution in [-0.4, -0.2) is 39.4 Å². The summed E-state index contributed by atoms with van der Waals surface area (Å²) in [4.78, 5) is 19.1. The molecule has 1 aromatic heterocycles. The second-order valence-electron chi connectivity index (χ2n) is 6.14. The number of benzene rings is 1. The van der Waals surface area contributed by atoms with Crippen LogP contribution in [0.25, 0.3) is 0 Å². The zero-order valence-electron chi connectivity index (χ0n) is 14.6. The lowest BCUT2D eigenvalue weighted by molar-refractivity contribution is 0.102. The summed E-state index contributed by atoms with van der Waals surface area (Å²) in [6.07, 6.45) is 5.26. The van der Waals surface area contributed by atoms with Crippen LogP contribution in [0.5, 0.6) is 0 Å². The third-order valence-electron chi connectivity index (χ3n) is 4.38. The standard InChI is InChI=1S/C18H22N4O3S/c1-19-26(24,25)16-8-5-14(6-9-16)18(23)21-15-7-10-17(20-13-15)22-11-3-2-4-12-22/h5-10,13,19H,2-4,11-12H2,1H3,(H,21,23). The average molecular weight is 374 g/mol. The fourth-order valence-corrected chi connectivity index (χ4v) is 3.61. The summed E-state index contributed by atoms with van der Waals surface area (Å²) in [5.41, 5.74) is 0.975. The van der Waals surface area contributed by atoms with Crippen LogP contribution < -0.4 is 14.9 Å². The van der Waals surface area contributed by atoms with Gasteiger partial charge in [-0.05, 0) is 62.7 Å². The van der Waals surface area contributed by atoms with Gasteiger partial charge in [0.2, 0.25) is 10.0 Å². The van der Waals surface area contributed by atoms with E-state index in [9.17, 15) is 13.2 Å². The molecule has 3 rings (SSSR count). The highest BCUT2D eigenvalue weighted by Crippen LogP contribution is 2.19. The van der Waals surface area contributed by atoms with E-state index in [1.165, 1.54) is 50.6 Å². The number of piperidine rings is 1. The maximum Gasteiger partial charge on any atom is 0.255 e. The number of carbonyl (C=O) groups excluding carboxylic acids is 1. The van der Waals surface area contributed by atoms with Crippen LogP contribution >= 0.6 is 0 Å². The number of nitrogens with one attached hydrogen (secondary N) is 2. The van der Waals surface area contributed by atoms with Crippen LogP contribution in [0.4, 0.5) is 11.5 Å². The molecule has 1 saturated heterocycles. The van der Waals surface area contributed by atoms with E-state index in [2.05, 4.69) is 19.9 Å². The molecule has 1 amide bonds. The molecule has 0 bridgehead atoms. The molecular formula is C18H22N4O3S. The highest BCUT2D eigenvalue weighted by molar-refractivity contribution is 7.89. The van der Waals surface area contributed by atoms with E-state index in [1.807, 2.05) is 12.1 Å². The normalized spacial score (nSPS) is 14.9. The summed E-state index contributed by atoms with van der Waals surface area (Å²) < 4.78 is 25.7. The third kappa shape index (κ3) is 4.20. The Morgan fingerprint density at radius 3 is 2.31 bits per heavy atom. The van der Waals surface area contributed by atoms with Gasteiger partial charge in [0.05, 0.1) is 16.8 Å². The van der Waals surface area contributed by atoms with E-state index in [0.717, 1.165) is 18.9 Å². The number of amides is 1. The smallest absolute Gasteiger partial charge is 0.255 e. The number of nitrogens with zero attached hydrogens (tertiary/aromatic N) is 2. The second kappa shape index (κ2) is 7.84. The van der Waals surface area contributed by atoms with Crippen LogP contribution in [0.2, 0.25) is 0 Å². The van der Waals surface area contributed by atoms with Gasteiger partial charge in [0, 0.05) is 18.7 Å². The Balaban J connectivity index is 1.66. The number of sulfonamides is 1. The Hall–Kier alpha value is -2.45. The fraction of sp³-hybridized carbons (Fsp3) is 0.333. The molecule has 1 fully saturated rings. The van der Waals surface area contributed by atoms with Crippen LogP contribution in [-0.2, 0) is 10.0 Å². The largest absolute Gasteiger partial charge is 0.357 e. The Morgan fingerprint density at radius 2 is 1.73 bits per heavy atom. The molecule has 0 spiro atoms. The van der Waals surface area contributed by atoms with E-state index >= 15 is 0 Å². The first-order valence-electron chi connectivity index (χ1n) is 8.55. The zero-order valence-corrected chi connectivity index (χ0v) is 15.4. The molecule has 0 unspecified atom stereocenters. The highest BCUT2D eigenvalue weighted by atomic mass is 32.2. The lowest BCUT2D eigenvalue weighted by Gasteiger charge is -2.27. The summed E-state index contributed by atoms with van der Waals surface area (Å²) in [5.74, 6) is 0.607. The molecule has 1 aromatic carbocycles. The molecular weight excluding hydrogens is 352 g/mol. The number of rotatable bonds is 5. The minimum absolute atomic E-state index is 0.115. The molecule has 8 heteroatoms. The summed E-state index contributed by atoms with van der Waals surface area (Å²) in [6.45, 7) is 2.03. The molecule has 7 nitrogen and oxygen atoms in total. The predicted molar refractivity (Wildman–Crippen MR) is 101 cm³/mol. The van der Waals surface area contributed by atoms with Crippen molar-refractivity contribution in [2.75, 3.05) is 30.4 Å². The lowest BCUT2D eigenvalue weighted by Crippen LogP contribution is -2.30. The first-order valence-corrected chi connectivity index (χ1v) is 10.0. The van der Waals surface area contributed by atoms with Gasteiger partial charge in [0.25, 0.3) is 5.91 Å². The predicted octanol–water partition coefficient (Wildman–Crippen LogP) is 2.23. The molecule has 2 aromatic rings. The molecule has 0 radical (unpaired) electrons. The monoisotopic (exact) mass is 374 g/mol. The number of hydrogen-bond acceptors (Lipinski definition) is 5. The van der Waals surface area contributed by atoms with Crippen LogP contribution in [0.1, 0.15) is 29.6 Å². The van der Waals surface area contributed by atoms with E-state index < -0.39 is 10.0 Å². The maximum atomic E-state index is 12.3. The van der Waals surface area contributed by atoms with Crippen LogP contribution in [0.15, 0.2) is 47.5 Å². The first kappa shape index (κ1) is 18.3. The first-order chi connectivity index (χ1) is 12.5. The summed E-state index contributed by atoms with van der Waals surface area (Å²) in [5, 5.41) is 2.78. The molecule has 0 atom stereocenters. The van der Waals surface area contributed by atoms with E-state index in [0.29, 0.717) is 11.3 Å². The van der Waals surface area contributed by atoms with Gasteiger partial charge in [0.1, 0.15) is 5.82 Å². The van der Waals surface area contributed by atoms with E-state index in [-0.39, 0.29) is 10.8 Å². The Morgan fingerprint density at radius 1 is 1.04 bits per heavy atom. The Bertz CT molecular complexity index is 858. The van der Waals surface area contributed by atoms with Crippen molar-refractivity contribution in [2.24, 2.45) is 0 Å². The third-order valence-corrected chi connectivity index (χ3v) is 5.81. The Labute approximate surface area is 153 Å². The fourth-order valence-electron chi connectivity index (χ4n) is 2.88. The van der Waals surface area contributed by atoms with Gasteiger partial charge < -0.3 is 10.2 Å². The van der Waals surface area contributed by atoms with Gasteiger partial charge in [0.15, 0.2) is 0 Å². The van der Waals surface area contributed by atoms with Crippen molar-refractivity contribution in [1.29, 1.82) is 0 Å². The lowest BCUT2D eigenvalue weighted by atomic mass is 10.1. The minimum atomic E-state index is -3.51. The molecule has 0 saturated carbocycles. The van der Waals surface area contributed by atoms with Crippen molar-refractivity contribution in [3.8, 4) is 0 Å². The van der Waals surface area contributed by atoms with Gasteiger partial charge in [-0.3, -0.25) is 4.79 Å². The molecule has 26 heavy (non-hydrogen) atoms. The van der Waals surface area contributed by atoms with E-state index in [4.69, 9.17) is 0 Å². The molecule has 138 valence electrons. The number of anilines is 2. The summed E-state index contributed by atoms with van der Waals surface area (Å²) >= 11 is 0. The van der Waals surface area contributed by atoms with Crippen molar-refractivity contribution in [3.63, 3.8) is 0 Å². The summed E-state index contributed by atoms with van der Waals surface area (Å²) in [7, 11) is -2.17. The number of hydrogen-bond donors (Lipinski definition) is 2. The molecule has 1 aliphatic rings. The zero-order chi connectivity index (χ0) is 18.6. The van der Waals surface area contributed by atoms with Crippen molar-refractivity contribution >= 4 is 27.4 Å². The number of pyridine rings is 1. The van der Waals surface area contributed by atoms with Crippen molar-refractivity contribution in [3.05, 3.63) is 48.2 Å². The van der Waals surface area contributed by atoms with Crippen molar-refractivity contribution < 1.29 is 13.2 Å². The average Bonchev–Trinajstić information content (AvgIpc) is 2.69. The Kier molecular flexibility index (Phi) is 5.53. The number of carbonyl (C=O) groups is 1. The SMILES string of the molecule is CNS(=O)(=O)c1ccc(C(=O)Nc2ccc(N3CCCCC3)nc2)cc1. The molecule has 2 N–H and O–H groups in total. The maximum absolute atomic E-state index is 12.3. The van der Waals surface area contributed by atoms with Gasteiger partial charge in [-0.15, -0.1) is 0 Å².